The Morgan fingerprint density at radius 2 is 1.91 bits per heavy atom. The molecule has 5 nitrogen and oxygen atoms in total. The van der Waals surface area contributed by atoms with Gasteiger partial charge in [-0.05, 0) is 49.9 Å². The standard InChI is InChI=1S/C18H25N3O2/c1-13-17(14(2)21(3)20-13)9-10-18(22)19-12-11-15-5-7-16(23-4)8-6-15/h5-8H,9-12H2,1-4H3,(H,19,22). The van der Waals surface area contributed by atoms with Gasteiger partial charge >= 0.3 is 0 Å². The summed E-state index contributed by atoms with van der Waals surface area (Å²) in [6.07, 6.45) is 2.05. The van der Waals surface area contributed by atoms with Gasteiger partial charge in [0.25, 0.3) is 0 Å². The number of carbonyl (C=O) groups is 1. The average Bonchev–Trinajstić information content (AvgIpc) is 2.79. The molecular weight excluding hydrogens is 290 g/mol. The third kappa shape index (κ3) is 4.58. The van der Waals surface area contributed by atoms with E-state index in [1.54, 1.807) is 7.11 Å². The number of methoxy groups -OCH3 is 1. The van der Waals surface area contributed by atoms with Gasteiger partial charge in [0.1, 0.15) is 5.75 Å². The van der Waals surface area contributed by atoms with Crippen molar-refractivity contribution in [2.45, 2.75) is 33.1 Å². The van der Waals surface area contributed by atoms with Gasteiger partial charge in [0.2, 0.25) is 5.91 Å². The van der Waals surface area contributed by atoms with Gasteiger partial charge in [0.05, 0.1) is 12.8 Å². The molecule has 1 N–H and O–H groups in total. The lowest BCUT2D eigenvalue weighted by atomic mass is 10.1. The Morgan fingerprint density at radius 1 is 1.22 bits per heavy atom. The van der Waals surface area contributed by atoms with E-state index in [0.29, 0.717) is 13.0 Å². The van der Waals surface area contributed by atoms with Crippen LogP contribution in [0.15, 0.2) is 24.3 Å². The van der Waals surface area contributed by atoms with Gasteiger partial charge in [-0.25, -0.2) is 0 Å². The third-order valence-corrected chi connectivity index (χ3v) is 4.16. The molecule has 1 heterocycles. The highest BCUT2D eigenvalue weighted by atomic mass is 16.5. The molecule has 0 radical (unpaired) electrons. The second kappa shape index (κ2) is 7.81. The minimum Gasteiger partial charge on any atom is -0.497 e. The fourth-order valence-electron chi connectivity index (χ4n) is 2.64. The number of aromatic nitrogens is 2. The fourth-order valence-corrected chi connectivity index (χ4v) is 2.64. The number of benzene rings is 1. The quantitative estimate of drug-likeness (QED) is 0.853. The van der Waals surface area contributed by atoms with Crippen molar-refractivity contribution in [3.63, 3.8) is 0 Å². The van der Waals surface area contributed by atoms with Crippen molar-refractivity contribution in [1.82, 2.24) is 15.1 Å². The molecular formula is C18H25N3O2. The number of nitrogens with zero attached hydrogens (tertiary/aromatic N) is 2. The van der Waals surface area contributed by atoms with Gasteiger partial charge in [-0.2, -0.15) is 5.10 Å². The summed E-state index contributed by atoms with van der Waals surface area (Å²) in [5, 5.41) is 7.36. The lowest BCUT2D eigenvalue weighted by molar-refractivity contribution is -0.121. The minimum atomic E-state index is 0.0844. The Labute approximate surface area is 137 Å². The van der Waals surface area contributed by atoms with Crippen LogP contribution >= 0.6 is 0 Å². The Balaban J connectivity index is 1.74. The second-order valence-electron chi connectivity index (χ2n) is 5.72. The number of hydrogen-bond donors (Lipinski definition) is 1. The van der Waals surface area contributed by atoms with E-state index < -0.39 is 0 Å². The van der Waals surface area contributed by atoms with Gasteiger partial charge in [-0.3, -0.25) is 9.48 Å². The van der Waals surface area contributed by atoms with Gasteiger partial charge in [0.15, 0.2) is 0 Å². The van der Waals surface area contributed by atoms with Crippen LogP contribution in [-0.4, -0.2) is 29.3 Å². The molecule has 0 saturated carbocycles. The number of aryl methyl sites for hydroxylation is 2. The molecule has 0 spiro atoms. The zero-order chi connectivity index (χ0) is 16.8. The summed E-state index contributed by atoms with van der Waals surface area (Å²) in [5.74, 6) is 0.932. The molecule has 0 saturated heterocycles. The number of carbonyl (C=O) groups excluding carboxylic acids is 1. The van der Waals surface area contributed by atoms with E-state index in [1.165, 1.54) is 11.1 Å². The number of amides is 1. The van der Waals surface area contributed by atoms with Crippen molar-refractivity contribution in [2.75, 3.05) is 13.7 Å². The van der Waals surface area contributed by atoms with Crippen molar-refractivity contribution >= 4 is 5.91 Å². The first-order valence-corrected chi connectivity index (χ1v) is 7.90. The summed E-state index contributed by atoms with van der Waals surface area (Å²) in [5.41, 5.74) is 4.51. The van der Waals surface area contributed by atoms with Crippen molar-refractivity contribution in [1.29, 1.82) is 0 Å². The normalized spacial score (nSPS) is 10.6. The summed E-state index contributed by atoms with van der Waals surface area (Å²) in [6.45, 7) is 4.68. The van der Waals surface area contributed by atoms with E-state index in [0.717, 1.165) is 30.0 Å². The van der Waals surface area contributed by atoms with E-state index in [9.17, 15) is 4.79 Å². The highest BCUT2D eigenvalue weighted by Crippen LogP contribution is 2.14. The Morgan fingerprint density at radius 3 is 2.48 bits per heavy atom. The van der Waals surface area contributed by atoms with Gasteiger partial charge < -0.3 is 10.1 Å². The van der Waals surface area contributed by atoms with E-state index in [2.05, 4.69) is 10.4 Å². The van der Waals surface area contributed by atoms with Crippen LogP contribution in [0.3, 0.4) is 0 Å². The van der Waals surface area contributed by atoms with Crippen LogP contribution in [0, 0.1) is 13.8 Å². The third-order valence-electron chi connectivity index (χ3n) is 4.16. The Hall–Kier alpha value is -2.30. The molecule has 1 aromatic heterocycles. The molecule has 23 heavy (non-hydrogen) atoms. The summed E-state index contributed by atoms with van der Waals surface area (Å²) in [7, 11) is 3.58. The average molecular weight is 315 g/mol. The molecule has 0 aliphatic rings. The van der Waals surface area contributed by atoms with Crippen LogP contribution in [0.1, 0.15) is 28.9 Å². The summed E-state index contributed by atoms with van der Waals surface area (Å²) in [6, 6.07) is 7.91. The zero-order valence-corrected chi connectivity index (χ0v) is 14.3. The van der Waals surface area contributed by atoms with Crippen LogP contribution in [-0.2, 0) is 24.7 Å². The Bertz CT molecular complexity index is 660. The number of rotatable bonds is 7. The van der Waals surface area contributed by atoms with Gasteiger partial charge in [-0.1, -0.05) is 12.1 Å². The van der Waals surface area contributed by atoms with Crippen molar-refractivity contribution in [3.8, 4) is 5.75 Å². The maximum absolute atomic E-state index is 12.0. The molecule has 2 rings (SSSR count). The topological polar surface area (TPSA) is 56.1 Å². The Kier molecular flexibility index (Phi) is 5.79. The zero-order valence-electron chi connectivity index (χ0n) is 14.3. The fraction of sp³-hybridized carbons (Fsp3) is 0.444. The smallest absolute Gasteiger partial charge is 0.220 e. The predicted octanol–water partition coefficient (Wildman–Crippen LogP) is 2.34. The monoisotopic (exact) mass is 315 g/mol. The molecule has 124 valence electrons. The molecule has 0 aliphatic carbocycles. The van der Waals surface area contributed by atoms with Crippen LogP contribution < -0.4 is 10.1 Å². The molecule has 1 aromatic carbocycles. The number of ether oxygens (including phenoxy) is 1. The van der Waals surface area contributed by atoms with E-state index >= 15 is 0 Å². The lowest BCUT2D eigenvalue weighted by Crippen LogP contribution is -2.26. The van der Waals surface area contributed by atoms with E-state index in [1.807, 2.05) is 49.8 Å². The van der Waals surface area contributed by atoms with E-state index in [-0.39, 0.29) is 5.91 Å². The van der Waals surface area contributed by atoms with Crippen molar-refractivity contribution < 1.29 is 9.53 Å². The van der Waals surface area contributed by atoms with Gasteiger partial charge in [0, 0.05) is 25.7 Å². The highest BCUT2D eigenvalue weighted by molar-refractivity contribution is 5.76. The molecule has 0 atom stereocenters. The minimum absolute atomic E-state index is 0.0844. The first-order chi connectivity index (χ1) is 11.0. The largest absolute Gasteiger partial charge is 0.497 e. The number of hydrogen-bond acceptors (Lipinski definition) is 3. The van der Waals surface area contributed by atoms with Crippen LogP contribution in [0.5, 0.6) is 5.75 Å². The van der Waals surface area contributed by atoms with Crippen molar-refractivity contribution in [3.05, 3.63) is 46.8 Å². The van der Waals surface area contributed by atoms with E-state index in [4.69, 9.17) is 4.74 Å². The molecule has 1 amide bonds. The van der Waals surface area contributed by atoms with Crippen molar-refractivity contribution in [2.24, 2.45) is 7.05 Å². The molecule has 2 aromatic rings. The maximum Gasteiger partial charge on any atom is 0.220 e. The second-order valence-corrected chi connectivity index (χ2v) is 5.72. The summed E-state index contributed by atoms with van der Waals surface area (Å²) >= 11 is 0. The SMILES string of the molecule is COc1ccc(CCNC(=O)CCc2c(C)nn(C)c2C)cc1. The summed E-state index contributed by atoms with van der Waals surface area (Å²) < 4.78 is 7.00. The van der Waals surface area contributed by atoms with Crippen LogP contribution in [0.25, 0.3) is 0 Å². The first-order valence-electron chi connectivity index (χ1n) is 7.90. The molecule has 0 bridgehead atoms. The molecule has 0 unspecified atom stereocenters. The van der Waals surface area contributed by atoms with Crippen LogP contribution in [0.4, 0.5) is 0 Å². The maximum atomic E-state index is 12.0. The molecule has 5 heteroatoms. The van der Waals surface area contributed by atoms with Gasteiger partial charge in [-0.15, -0.1) is 0 Å². The summed E-state index contributed by atoms with van der Waals surface area (Å²) in [4.78, 5) is 12.0. The molecule has 0 fully saturated rings. The number of nitrogens with one attached hydrogen (secondary N) is 1. The molecule has 0 aliphatic heterocycles. The first kappa shape index (κ1) is 17.1. The highest BCUT2D eigenvalue weighted by Gasteiger charge is 2.11. The van der Waals surface area contributed by atoms with Crippen LogP contribution in [0.2, 0.25) is 0 Å². The lowest BCUT2D eigenvalue weighted by Gasteiger charge is -2.07. The predicted molar refractivity (Wildman–Crippen MR) is 90.7 cm³/mol.